The van der Waals surface area contributed by atoms with Gasteiger partial charge in [0.15, 0.2) is 0 Å². The number of nitrogens with two attached hydrogens (primary N) is 1. The summed E-state index contributed by atoms with van der Waals surface area (Å²) < 4.78 is 3.29. The molecule has 1 aliphatic carbocycles. The summed E-state index contributed by atoms with van der Waals surface area (Å²) in [6, 6.07) is 28.0. The van der Waals surface area contributed by atoms with Crippen LogP contribution in [0.1, 0.15) is 59.1 Å². The van der Waals surface area contributed by atoms with Crippen molar-refractivity contribution >= 4 is 43.4 Å². The molecular formula is C32H37BrN2. The molecule has 35 heavy (non-hydrogen) atoms. The topological polar surface area (TPSA) is 30.9 Å². The largest absolute Gasteiger partial charge is 0.397 e. The molecule has 4 aromatic carbocycles. The lowest BCUT2D eigenvalue weighted by atomic mass is 10.0. The van der Waals surface area contributed by atoms with Crippen LogP contribution in [0.3, 0.4) is 0 Å². The van der Waals surface area contributed by atoms with Crippen LogP contribution in [0, 0.1) is 0 Å². The smallest absolute Gasteiger partial charge is 0.0692 e. The first-order valence-electron chi connectivity index (χ1n) is 12.8. The third kappa shape index (κ3) is 4.88. The third-order valence-electron chi connectivity index (χ3n) is 5.85. The first-order chi connectivity index (χ1) is 17.1. The molecular weight excluding hydrogens is 492 g/mol. The number of halogens is 1. The van der Waals surface area contributed by atoms with Gasteiger partial charge in [0.05, 0.1) is 22.4 Å². The van der Waals surface area contributed by atoms with Crippen LogP contribution >= 0.6 is 15.9 Å². The van der Waals surface area contributed by atoms with Crippen LogP contribution in [0.5, 0.6) is 0 Å². The predicted octanol–water partition coefficient (Wildman–Crippen LogP) is 10.2. The highest BCUT2D eigenvalue weighted by molar-refractivity contribution is 9.10. The number of rotatable bonds is 1. The third-order valence-corrected chi connectivity index (χ3v) is 6.34. The zero-order valence-corrected chi connectivity index (χ0v) is 23.4. The maximum Gasteiger partial charge on any atom is 0.0692 e. The van der Waals surface area contributed by atoms with Crippen molar-refractivity contribution in [2.45, 2.75) is 54.4 Å². The quantitative estimate of drug-likeness (QED) is 0.211. The molecule has 0 aliphatic heterocycles. The summed E-state index contributed by atoms with van der Waals surface area (Å²) in [7, 11) is 0. The number of aromatic nitrogens is 1. The number of hydrogen-bond acceptors (Lipinski definition) is 1. The molecule has 2 N–H and O–H groups in total. The molecule has 0 unspecified atom stereocenters. The van der Waals surface area contributed by atoms with Gasteiger partial charge in [0.2, 0.25) is 0 Å². The summed E-state index contributed by atoms with van der Waals surface area (Å²) in [6.45, 7) is 12.2. The van der Waals surface area contributed by atoms with E-state index in [9.17, 15) is 0 Å². The highest BCUT2D eigenvalue weighted by atomic mass is 79.9. The van der Waals surface area contributed by atoms with E-state index in [0.717, 1.165) is 22.3 Å². The van der Waals surface area contributed by atoms with Crippen molar-refractivity contribution in [2.75, 3.05) is 5.73 Å². The van der Waals surface area contributed by atoms with E-state index in [1.165, 1.54) is 50.5 Å². The molecule has 2 nitrogen and oxygen atoms in total. The minimum atomic E-state index is 0.765. The highest BCUT2D eigenvalue weighted by Gasteiger charge is 2.24. The second-order valence-electron chi connectivity index (χ2n) is 8.08. The van der Waals surface area contributed by atoms with Crippen LogP contribution in [0.15, 0.2) is 83.3 Å². The second-order valence-corrected chi connectivity index (χ2v) is 9.00. The zero-order valence-electron chi connectivity index (χ0n) is 21.8. The molecule has 0 atom stereocenters. The number of nitrogens with zero attached hydrogens (tertiary/aromatic N) is 1. The van der Waals surface area contributed by atoms with E-state index in [-0.39, 0.29) is 0 Å². The van der Waals surface area contributed by atoms with Gasteiger partial charge in [0.25, 0.3) is 0 Å². The molecule has 0 bridgehead atoms. The number of para-hydroxylation sites is 1. The van der Waals surface area contributed by atoms with Crippen molar-refractivity contribution < 1.29 is 0 Å². The van der Waals surface area contributed by atoms with E-state index >= 15 is 0 Å². The lowest BCUT2D eigenvalue weighted by Gasteiger charge is -2.11. The fourth-order valence-corrected chi connectivity index (χ4v) is 5.06. The predicted molar refractivity (Wildman–Crippen MR) is 160 cm³/mol. The molecule has 182 valence electrons. The molecule has 0 spiro atoms. The summed E-state index contributed by atoms with van der Waals surface area (Å²) in [5.74, 6) is 0. The van der Waals surface area contributed by atoms with E-state index in [1.807, 2.05) is 33.8 Å². The normalized spacial score (nSPS) is 10.8. The van der Waals surface area contributed by atoms with Crippen LogP contribution in [0.2, 0.25) is 0 Å². The van der Waals surface area contributed by atoms with Gasteiger partial charge in [-0.2, -0.15) is 0 Å². The lowest BCUT2D eigenvalue weighted by Crippen LogP contribution is -1.99. The first-order valence-corrected chi connectivity index (χ1v) is 13.6. The minimum absolute atomic E-state index is 0.765. The Balaban J connectivity index is 0.000000447. The molecule has 1 heterocycles. The fraction of sp³-hybridized carbons (Fsp3) is 0.250. The Morgan fingerprint density at radius 1 is 0.771 bits per heavy atom. The van der Waals surface area contributed by atoms with Crippen molar-refractivity contribution in [1.29, 1.82) is 0 Å². The second kappa shape index (κ2) is 12.1. The van der Waals surface area contributed by atoms with Gasteiger partial charge in [-0.1, -0.05) is 112 Å². The highest BCUT2D eigenvalue weighted by Crippen LogP contribution is 2.44. The molecule has 0 saturated carbocycles. The van der Waals surface area contributed by atoms with Crippen LogP contribution in [-0.2, 0) is 6.42 Å². The SMILES string of the molecule is CC.CC.CCC.Nc1cc(Br)ccc1-n1c2ccccc2c2c3c(ccc21)-c1ccccc1C3. The number of benzene rings is 4. The van der Waals surface area contributed by atoms with E-state index in [0.29, 0.717) is 0 Å². The van der Waals surface area contributed by atoms with Gasteiger partial charge in [0, 0.05) is 15.2 Å². The summed E-state index contributed by atoms with van der Waals surface area (Å²) in [5, 5.41) is 2.62. The molecule has 0 amide bonds. The molecule has 1 aliphatic rings. The molecule has 0 saturated heterocycles. The van der Waals surface area contributed by atoms with Gasteiger partial charge >= 0.3 is 0 Å². The molecule has 6 rings (SSSR count). The van der Waals surface area contributed by atoms with Crippen LogP contribution in [0.4, 0.5) is 5.69 Å². The van der Waals surface area contributed by atoms with Gasteiger partial charge in [-0.15, -0.1) is 0 Å². The van der Waals surface area contributed by atoms with Crippen molar-refractivity contribution in [2.24, 2.45) is 0 Å². The molecule has 5 aromatic rings. The van der Waals surface area contributed by atoms with Crippen molar-refractivity contribution in [3.63, 3.8) is 0 Å². The van der Waals surface area contributed by atoms with E-state index < -0.39 is 0 Å². The van der Waals surface area contributed by atoms with Gasteiger partial charge in [-0.25, -0.2) is 0 Å². The molecule has 1 aromatic heterocycles. The Bertz CT molecular complexity index is 1430. The van der Waals surface area contributed by atoms with Crippen molar-refractivity contribution in [3.8, 4) is 16.8 Å². The summed E-state index contributed by atoms with van der Waals surface area (Å²) in [4.78, 5) is 0. The molecule has 0 radical (unpaired) electrons. The van der Waals surface area contributed by atoms with Crippen LogP contribution < -0.4 is 5.73 Å². The molecule has 3 heteroatoms. The Morgan fingerprint density at radius 2 is 1.43 bits per heavy atom. The van der Waals surface area contributed by atoms with Crippen molar-refractivity contribution in [3.05, 3.63) is 94.5 Å². The Hall–Kier alpha value is -3.04. The van der Waals surface area contributed by atoms with Gasteiger partial charge < -0.3 is 10.3 Å². The average Bonchev–Trinajstić information content (AvgIpc) is 3.43. The molecule has 0 fully saturated rings. The Morgan fingerprint density at radius 3 is 2.14 bits per heavy atom. The van der Waals surface area contributed by atoms with E-state index in [1.54, 1.807) is 0 Å². The minimum Gasteiger partial charge on any atom is -0.397 e. The number of hydrogen-bond donors (Lipinski definition) is 1. The van der Waals surface area contributed by atoms with Crippen molar-refractivity contribution in [1.82, 2.24) is 4.57 Å². The average molecular weight is 530 g/mol. The first kappa shape index (κ1) is 26.6. The van der Waals surface area contributed by atoms with E-state index in [2.05, 4.69) is 107 Å². The summed E-state index contributed by atoms with van der Waals surface area (Å²) >= 11 is 3.53. The van der Waals surface area contributed by atoms with Crippen LogP contribution in [-0.4, -0.2) is 4.57 Å². The van der Waals surface area contributed by atoms with Gasteiger partial charge in [0.1, 0.15) is 0 Å². The monoisotopic (exact) mass is 528 g/mol. The maximum absolute atomic E-state index is 6.43. The van der Waals surface area contributed by atoms with Crippen LogP contribution in [0.25, 0.3) is 38.6 Å². The summed E-state index contributed by atoms with van der Waals surface area (Å²) in [5.41, 5.74) is 16.2. The Labute approximate surface area is 218 Å². The number of anilines is 1. The van der Waals surface area contributed by atoms with E-state index in [4.69, 9.17) is 5.73 Å². The standard InChI is InChI=1S/C25H17BrN2.C3H8.2C2H6/c26-16-9-11-23(21(27)14-16)28-22-8-4-3-7-19(22)25-20-13-15-5-1-2-6-17(15)18(20)10-12-24(25)28;1-3-2;2*1-2/h1-12,14H,13,27H2;3H2,1-2H3;2*1-2H3. The summed E-state index contributed by atoms with van der Waals surface area (Å²) in [6.07, 6.45) is 2.23. The maximum atomic E-state index is 6.43. The zero-order chi connectivity index (χ0) is 25.5. The lowest BCUT2D eigenvalue weighted by molar-refractivity contribution is 1.09. The van der Waals surface area contributed by atoms with Gasteiger partial charge in [-0.3, -0.25) is 0 Å². The Kier molecular flexibility index (Phi) is 9.17. The number of fused-ring (bicyclic) bond motifs is 7. The van der Waals surface area contributed by atoms with Gasteiger partial charge in [-0.05, 0) is 59.0 Å². The fourth-order valence-electron chi connectivity index (χ4n) is 4.68. The number of nitrogen functional groups attached to an aromatic ring is 1.